The van der Waals surface area contributed by atoms with Crippen molar-refractivity contribution in [3.8, 4) is 5.75 Å². The van der Waals surface area contributed by atoms with Gasteiger partial charge in [-0.1, -0.05) is 29.0 Å². The van der Waals surface area contributed by atoms with Crippen molar-refractivity contribution >= 4 is 39.1 Å². The van der Waals surface area contributed by atoms with Crippen LogP contribution >= 0.6 is 11.3 Å². The Kier molecular flexibility index (Phi) is 7.02. The van der Waals surface area contributed by atoms with Crippen molar-refractivity contribution in [2.45, 2.75) is 26.8 Å². The average Bonchev–Trinajstić information content (AvgIpc) is 3.02. The highest BCUT2D eigenvalue weighted by molar-refractivity contribution is 7.16. The number of carbonyl (C=O) groups excluding carboxylic acids is 2. The zero-order valence-electron chi connectivity index (χ0n) is 17.5. The van der Waals surface area contributed by atoms with Gasteiger partial charge in [0.15, 0.2) is 4.80 Å². The molecule has 7 nitrogen and oxygen atoms in total. The molecule has 3 aromatic rings. The van der Waals surface area contributed by atoms with Gasteiger partial charge in [-0.25, -0.2) is 0 Å². The van der Waals surface area contributed by atoms with Crippen LogP contribution in [-0.4, -0.2) is 37.2 Å². The molecule has 0 aliphatic carbocycles. The molecule has 0 fully saturated rings. The number of hydrogen-bond donors (Lipinski definition) is 1. The molecular weight excluding hydrogens is 402 g/mol. The van der Waals surface area contributed by atoms with Gasteiger partial charge in [0, 0.05) is 31.8 Å². The van der Waals surface area contributed by atoms with E-state index >= 15 is 0 Å². The number of methoxy groups -OCH3 is 2. The molecule has 8 heteroatoms. The highest BCUT2D eigenvalue weighted by Crippen LogP contribution is 2.23. The molecule has 0 spiro atoms. The molecule has 3 rings (SSSR count). The van der Waals surface area contributed by atoms with Crippen LogP contribution in [-0.2, 0) is 27.3 Å². The molecule has 0 radical (unpaired) electrons. The number of aromatic nitrogens is 1. The first-order chi connectivity index (χ1) is 14.4. The number of ether oxygens (including phenoxy) is 2. The highest BCUT2D eigenvalue weighted by atomic mass is 32.1. The van der Waals surface area contributed by atoms with Crippen LogP contribution in [0.5, 0.6) is 5.75 Å². The van der Waals surface area contributed by atoms with Crippen LogP contribution in [0.2, 0.25) is 0 Å². The topological polar surface area (TPSA) is 81.9 Å². The van der Waals surface area contributed by atoms with E-state index in [2.05, 4.69) is 10.3 Å². The molecule has 2 aromatic carbocycles. The highest BCUT2D eigenvalue weighted by Gasteiger charge is 2.12. The fourth-order valence-corrected chi connectivity index (χ4v) is 4.31. The van der Waals surface area contributed by atoms with Crippen LogP contribution < -0.4 is 14.9 Å². The van der Waals surface area contributed by atoms with Gasteiger partial charge in [-0.15, -0.1) is 0 Å². The molecule has 0 bridgehead atoms. The van der Waals surface area contributed by atoms with Crippen molar-refractivity contribution in [1.82, 2.24) is 4.57 Å². The molecule has 158 valence electrons. The number of nitrogens with one attached hydrogen (secondary N) is 1. The fourth-order valence-electron chi connectivity index (χ4n) is 3.19. The molecule has 0 atom stereocenters. The van der Waals surface area contributed by atoms with Crippen molar-refractivity contribution in [3.05, 3.63) is 52.3 Å². The van der Waals surface area contributed by atoms with Crippen LogP contribution in [0, 0.1) is 6.92 Å². The van der Waals surface area contributed by atoms with Crippen LogP contribution in [0.15, 0.2) is 41.4 Å². The molecule has 1 N–H and O–H groups in total. The Balaban J connectivity index is 2.00. The number of rotatable bonds is 7. The zero-order valence-corrected chi connectivity index (χ0v) is 18.3. The summed E-state index contributed by atoms with van der Waals surface area (Å²) in [5.41, 5.74) is 3.51. The van der Waals surface area contributed by atoms with Gasteiger partial charge in [-0.05, 0) is 31.2 Å². The number of thiazole rings is 1. The smallest absolute Gasteiger partial charge is 0.252 e. The van der Waals surface area contributed by atoms with Gasteiger partial charge in [0.1, 0.15) is 5.75 Å². The summed E-state index contributed by atoms with van der Waals surface area (Å²) in [7, 11) is 3.23. The van der Waals surface area contributed by atoms with Crippen LogP contribution in [0.25, 0.3) is 10.2 Å². The van der Waals surface area contributed by atoms with E-state index in [1.807, 2.05) is 47.9 Å². The maximum atomic E-state index is 12.8. The lowest BCUT2D eigenvalue weighted by Gasteiger charge is -2.08. The predicted octanol–water partition coefficient (Wildman–Crippen LogP) is 3.29. The molecule has 1 aromatic heterocycles. The largest absolute Gasteiger partial charge is 0.496 e. The molecule has 0 aliphatic heterocycles. The second kappa shape index (κ2) is 9.69. The Hall–Kier alpha value is -2.97. The molecule has 0 saturated carbocycles. The van der Waals surface area contributed by atoms with Gasteiger partial charge in [0.2, 0.25) is 5.91 Å². The lowest BCUT2D eigenvalue weighted by Crippen LogP contribution is -2.19. The number of anilines is 1. The van der Waals surface area contributed by atoms with E-state index in [0.29, 0.717) is 29.4 Å². The van der Waals surface area contributed by atoms with Crippen molar-refractivity contribution in [3.63, 3.8) is 0 Å². The van der Waals surface area contributed by atoms with Gasteiger partial charge in [0.05, 0.1) is 30.4 Å². The summed E-state index contributed by atoms with van der Waals surface area (Å²) in [6, 6.07) is 11.4. The summed E-state index contributed by atoms with van der Waals surface area (Å²) >= 11 is 1.40. The van der Waals surface area contributed by atoms with Crippen LogP contribution in [0.1, 0.15) is 18.1 Å². The Labute approximate surface area is 179 Å². The van der Waals surface area contributed by atoms with E-state index in [1.165, 1.54) is 18.3 Å². The van der Waals surface area contributed by atoms with Crippen molar-refractivity contribution in [2.75, 3.05) is 26.1 Å². The number of fused-ring (bicyclic) bond motifs is 1. The summed E-state index contributed by atoms with van der Waals surface area (Å²) < 4.78 is 13.5. The quantitative estimate of drug-likeness (QED) is 0.627. The first-order valence-corrected chi connectivity index (χ1v) is 10.3. The Bertz CT molecular complexity index is 1150. The fraction of sp³-hybridized carbons (Fsp3) is 0.318. The van der Waals surface area contributed by atoms with E-state index in [9.17, 15) is 9.59 Å². The zero-order chi connectivity index (χ0) is 21.7. The standard InChI is InChI=1S/C22H25N3O4S/c1-14-5-8-19(29-4)16(11-14)12-21(27)24-22-25(9-10-28-3)18-7-6-17(23-15(2)26)13-20(18)30-22/h5-8,11,13H,9-10,12H2,1-4H3,(H,23,26). The maximum Gasteiger partial charge on any atom is 0.252 e. The Morgan fingerprint density at radius 3 is 2.67 bits per heavy atom. The van der Waals surface area contributed by atoms with Gasteiger partial charge in [0.25, 0.3) is 5.91 Å². The third-order valence-corrected chi connectivity index (χ3v) is 5.56. The second-order valence-electron chi connectivity index (χ2n) is 6.89. The minimum absolute atomic E-state index is 0.134. The number of nitrogens with zero attached hydrogens (tertiary/aromatic N) is 2. The summed E-state index contributed by atoms with van der Waals surface area (Å²) in [4.78, 5) is 29.1. The molecule has 1 heterocycles. The number of amides is 2. The molecule has 0 saturated heterocycles. The SMILES string of the molecule is COCCn1c(=NC(=O)Cc2cc(C)ccc2OC)sc2cc(NC(C)=O)ccc21. The van der Waals surface area contributed by atoms with E-state index in [0.717, 1.165) is 21.3 Å². The first kappa shape index (κ1) is 21.7. The number of hydrogen-bond acceptors (Lipinski definition) is 5. The van der Waals surface area contributed by atoms with Gasteiger partial charge in [-0.3, -0.25) is 9.59 Å². The summed E-state index contributed by atoms with van der Waals surface area (Å²) in [6.07, 6.45) is 0.153. The lowest BCUT2D eigenvalue weighted by molar-refractivity contribution is -0.117. The third kappa shape index (κ3) is 5.14. The number of aryl methyl sites for hydroxylation is 1. The average molecular weight is 428 g/mol. The monoisotopic (exact) mass is 427 g/mol. The van der Waals surface area contributed by atoms with Crippen molar-refractivity contribution in [2.24, 2.45) is 4.99 Å². The van der Waals surface area contributed by atoms with E-state index < -0.39 is 0 Å². The Morgan fingerprint density at radius 2 is 1.97 bits per heavy atom. The van der Waals surface area contributed by atoms with Crippen molar-refractivity contribution < 1.29 is 19.1 Å². The van der Waals surface area contributed by atoms with Crippen LogP contribution in [0.4, 0.5) is 5.69 Å². The first-order valence-electron chi connectivity index (χ1n) is 9.52. The molecule has 0 aliphatic rings. The van der Waals surface area contributed by atoms with Gasteiger partial charge < -0.3 is 19.4 Å². The van der Waals surface area contributed by atoms with Crippen LogP contribution in [0.3, 0.4) is 0 Å². The normalized spacial score (nSPS) is 11.7. The number of carbonyl (C=O) groups is 2. The Morgan fingerprint density at radius 1 is 1.17 bits per heavy atom. The summed E-state index contributed by atoms with van der Waals surface area (Å²) in [5, 5.41) is 2.78. The predicted molar refractivity (Wildman–Crippen MR) is 118 cm³/mol. The van der Waals surface area contributed by atoms with E-state index in [1.54, 1.807) is 14.2 Å². The summed E-state index contributed by atoms with van der Waals surface area (Å²) in [6.45, 7) is 4.50. The van der Waals surface area contributed by atoms with E-state index in [4.69, 9.17) is 9.47 Å². The summed E-state index contributed by atoms with van der Waals surface area (Å²) in [5.74, 6) is 0.289. The third-order valence-electron chi connectivity index (χ3n) is 4.52. The second-order valence-corrected chi connectivity index (χ2v) is 7.90. The molecule has 2 amide bonds. The van der Waals surface area contributed by atoms with Gasteiger partial charge in [-0.2, -0.15) is 4.99 Å². The minimum Gasteiger partial charge on any atom is -0.496 e. The molecule has 0 unspecified atom stereocenters. The molecule has 30 heavy (non-hydrogen) atoms. The minimum atomic E-state index is -0.251. The van der Waals surface area contributed by atoms with E-state index in [-0.39, 0.29) is 18.2 Å². The van der Waals surface area contributed by atoms with Crippen molar-refractivity contribution in [1.29, 1.82) is 0 Å². The van der Waals surface area contributed by atoms with Gasteiger partial charge >= 0.3 is 0 Å². The number of benzene rings is 2. The maximum absolute atomic E-state index is 12.8. The lowest BCUT2D eigenvalue weighted by atomic mass is 10.1. The molecular formula is C22H25N3O4S.